The second-order valence-electron chi connectivity index (χ2n) is 4.22. The van der Waals surface area contributed by atoms with Gasteiger partial charge < -0.3 is 4.57 Å². The zero-order chi connectivity index (χ0) is 12.7. The van der Waals surface area contributed by atoms with Gasteiger partial charge in [0, 0.05) is 23.3 Å². The van der Waals surface area contributed by atoms with Crippen LogP contribution in [0.1, 0.15) is 5.56 Å². The highest BCUT2D eigenvalue weighted by molar-refractivity contribution is 5.85. The second kappa shape index (κ2) is 3.95. The summed E-state index contributed by atoms with van der Waals surface area (Å²) in [5, 5.41) is 1.06. The van der Waals surface area contributed by atoms with Gasteiger partial charge in [0.15, 0.2) is 11.6 Å². The van der Waals surface area contributed by atoms with Gasteiger partial charge in [-0.1, -0.05) is 6.07 Å². The van der Waals surface area contributed by atoms with Crippen molar-refractivity contribution < 1.29 is 8.78 Å². The average molecular weight is 242 g/mol. The van der Waals surface area contributed by atoms with Crippen molar-refractivity contribution in [1.29, 1.82) is 0 Å². The van der Waals surface area contributed by atoms with E-state index in [4.69, 9.17) is 0 Å². The first-order valence-electron chi connectivity index (χ1n) is 5.60. The van der Waals surface area contributed by atoms with E-state index in [2.05, 4.69) is 6.07 Å². The summed E-state index contributed by atoms with van der Waals surface area (Å²) in [6, 6.07) is 12.5. The summed E-state index contributed by atoms with van der Waals surface area (Å²) < 4.78 is 28.1. The third-order valence-electron chi connectivity index (χ3n) is 3.03. The molecular weight excluding hydrogens is 232 g/mol. The monoisotopic (exact) mass is 242 g/mol. The van der Waals surface area contributed by atoms with Crippen molar-refractivity contribution >= 4 is 10.9 Å². The maximum absolute atomic E-state index is 13.3. The van der Waals surface area contributed by atoms with Crippen LogP contribution in [0.5, 0.6) is 0 Å². The fourth-order valence-corrected chi connectivity index (χ4v) is 2.13. The number of hydrogen-bond donors (Lipinski definition) is 0. The molecule has 0 aliphatic rings. The molecule has 0 unspecified atom stereocenters. The highest BCUT2D eigenvalue weighted by atomic mass is 19.2. The van der Waals surface area contributed by atoms with Crippen LogP contribution in [-0.4, -0.2) is 4.57 Å². The van der Waals surface area contributed by atoms with Crippen molar-refractivity contribution in [1.82, 2.24) is 4.57 Å². The lowest BCUT2D eigenvalue weighted by atomic mass is 10.2. The van der Waals surface area contributed by atoms with Crippen molar-refractivity contribution in [3.63, 3.8) is 0 Å². The maximum Gasteiger partial charge on any atom is 0.160 e. The third-order valence-corrected chi connectivity index (χ3v) is 3.03. The minimum Gasteiger partial charge on any atom is -0.316 e. The highest BCUT2D eigenvalue weighted by Crippen LogP contribution is 2.24. The first-order chi connectivity index (χ1) is 8.66. The molecule has 1 heterocycles. The minimum atomic E-state index is -0.838. The summed E-state index contributed by atoms with van der Waals surface area (Å²) in [6.45, 7) is 1.98. The van der Waals surface area contributed by atoms with Crippen LogP contribution in [0.15, 0.2) is 42.6 Å². The number of aryl methyl sites for hydroxylation is 1. The van der Waals surface area contributed by atoms with E-state index in [0.717, 1.165) is 22.5 Å². The van der Waals surface area contributed by atoms with Crippen LogP contribution in [0.2, 0.25) is 0 Å². The molecule has 0 saturated heterocycles. The Bertz CT molecular complexity index is 728. The molecule has 0 N–H and O–H groups in total. The van der Waals surface area contributed by atoms with Crippen LogP contribution >= 0.6 is 0 Å². The van der Waals surface area contributed by atoms with Gasteiger partial charge in [-0.15, -0.1) is 0 Å². The fourth-order valence-electron chi connectivity index (χ4n) is 2.13. The van der Waals surface area contributed by atoms with E-state index in [1.165, 1.54) is 6.07 Å². The molecular formula is C15H10F2N. The summed E-state index contributed by atoms with van der Waals surface area (Å²) >= 11 is 0. The predicted molar refractivity (Wildman–Crippen MR) is 66.8 cm³/mol. The molecule has 3 aromatic rings. The molecule has 0 saturated carbocycles. The Morgan fingerprint density at radius 1 is 1.11 bits per heavy atom. The van der Waals surface area contributed by atoms with Crippen molar-refractivity contribution in [3.8, 4) is 5.69 Å². The van der Waals surface area contributed by atoms with Gasteiger partial charge in [-0.3, -0.25) is 0 Å². The SMILES string of the molecule is Cc1cn(-c2ccc(F)c(F)c2)c2cc[c]cc12. The van der Waals surface area contributed by atoms with Gasteiger partial charge in [0.05, 0.1) is 5.52 Å². The van der Waals surface area contributed by atoms with Crippen LogP contribution < -0.4 is 0 Å². The first-order valence-corrected chi connectivity index (χ1v) is 5.60. The van der Waals surface area contributed by atoms with E-state index in [1.54, 1.807) is 12.1 Å². The summed E-state index contributed by atoms with van der Waals surface area (Å²) in [4.78, 5) is 0. The molecule has 18 heavy (non-hydrogen) atoms. The average Bonchev–Trinajstić information content (AvgIpc) is 2.71. The summed E-state index contributed by atoms with van der Waals surface area (Å²) in [5.41, 5.74) is 2.64. The van der Waals surface area contributed by atoms with E-state index in [9.17, 15) is 8.78 Å². The standard InChI is InChI=1S/C15H10F2N/c1-10-9-18(15-5-3-2-4-12(10)15)11-6-7-13(16)14(17)8-11/h3-9H,1H3. The highest BCUT2D eigenvalue weighted by Gasteiger charge is 2.08. The number of benzene rings is 2. The number of halogens is 2. The van der Waals surface area contributed by atoms with Crippen LogP contribution in [0.4, 0.5) is 8.78 Å². The molecule has 0 fully saturated rings. The molecule has 0 spiro atoms. The number of hydrogen-bond acceptors (Lipinski definition) is 0. The number of aromatic nitrogens is 1. The van der Waals surface area contributed by atoms with Crippen LogP contribution in [0, 0.1) is 24.6 Å². The topological polar surface area (TPSA) is 4.93 Å². The summed E-state index contributed by atoms with van der Waals surface area (Å²) in [6.07, 6.45) is 1.91. The maximum atomic E-state index is 13.3. The van der Waals surface area contributed by atoms with Gasteiger partial charge in [-0.05, 0) is 42.8 Å². The Hall–Kier alpha value is -2.16. The van der Waals surface area contributed by atoms with E-state index in [-0.39, 0.29) is 0 Å². The molecule has 2 aromatic carbocycles. The zero-order valence-corrected chi connectivity index (χ0v) is 9.74. The Balaban J connectivity index is 2.28. The molecule has 1 nitrogen and oxygen atoms in total. The van der Waals surface area contributed by atoms with Gasteiger partial charge in [0.2, 0.25) is 0 Å². The largest absolute Gasteiger partial charge is 0.316 e. The molecule has 1 radical (unpaired) electrons. The number of fused-ring (bicyclic) bond motifs is 1. The van der Waals surface area contributed by atoms with Gasteiger partial charge >= 0.3 is 0 Å². The second-order valence-corrected chi connectivity index (χ2v) is 4.22. The molecule has 0 atom stereocenters. The van der Waals surface area contributed by atoms with Crippen molar-refractivity contribution in [2.75, 3.05) is 0 Å². The smallest absolute Gasteiger partial charge is 0.160 e. The Morgan fingerprint density at radius 2 is 1.94 bits per heavy atom. The fraction of sp³-hybridized carbons (Fsp3) is 0.0667. The van der Waals surface area contributed by atoms with E-state index in [1.807, 2.05) is 29.8 Å². The first kappa shape index (κ1) is 11.0. The zero-order valence-electron chi connectivity index (χ0n) is 9.74. The van der Waals surface area contributed by atoms with E-state index >= 15 is 0 Å². The van der Waals surface area contributed by atoms with Crippen LogP contribution in [-0.2, 0) is 0 Å². The molecule has 0 aliphatic carbocycles. The minimum absolute atomic E-state index is 0.609. The molecule has 0 bridgehead atoms. The van der Waals surface area contributed by atoms with Crippen LogP contribution in [0.25, 0.3) is 16.6 Å². The summed E-state index contributed by atoms with van der Waals surface area (Å²) in [7, 11) is 0. The normalized spacial score (nSPS) is 11.1. The van der Waals surface area contributed by atoms with E-state index < -0.39 is 11.6 Å². The Morgan fingerprint density at radius 3 is 2.72 bits per heavy atom. The van der Waals surface area contributed by atoms with Crippen molar-refractivity contribution in [2.45, 2.75) is 6.92 Å². The lowest BCUT2D eigenvalue weighted by Gasteiger charge is -2.05. The molecule has 0 aliphatic heterocycles. The number of nitrogens with zero attached hydrogens (tertiary/aromatic N) is 1. The molecule has 89 valence electrons. The van der Waals surface area contributed by atoms with Gasteiger partial charge in [0.1, 0.15) is 0 Å². The van der Waals surface area contributed by atoms with Crippen LogP contribution in [0.3, 0.4) is 0 Å². The van der Waals surface area contributed by atoms with Gasteiger partial charge in [-0.2, -0.15) is 0 Å². The van der Waals surface area contributed by atoms with Gasteiger partial charge in [0.25, 0.3) is 0 Å². The molecule has 3 rings (SSSR count). The van der Waals surface area contributed by atoms with E-state index in [0.29, 0.717) is 5.69 Å². The molecule has 1 aromatic heterocycles. The van der Waals surface area contributed by atoms with Crippen molar-refractivity contribution in [3.05, 3.63) is 65.9 Å². The lowest BCUT2D eigenvalue weighted by molar-refractivity contribution is 0.508. The Kier molecular flexibility index (Phi) is 2.40. The lowest BCUT2D eigenvalue weighted by Crippen LogP contribution is -1.94. The van der Waals surface area contributed by atoms with Crippen molar-refractivity contribution in [2.24, 2.45) is 0 Å². The quantitative estimate of drug-likeness (QED) is 0.607. The number of rotatable bonds is 1. The third kappa shape index (κ3) is 1.59. The predicted octanol–water partition coefficient (Wildman–Crippen LogP) is 4.02. The molecule has 3 heteroatoms. The Labute approximate surface area is 103 Å². The summed E-state index contributed by atoms with van der Waals surface area (Å²) in [5.74, 6) is -1.67. The molecule has 0 amide bonds. The van der Waals surface area contributed by atoms with Gasteiger partial charge in [-0.25, -0.2) is 8.78 Å².